The van der Waals surface area contributed by atoms with Crippen molar-refractivity contribution in [3.63, 3.8) is 0 Å². The maximum absolute atomic E-state index is 6.23. The third-order valence-electron chi connectivity index (χ3n) is 2.57. The number of rotatable bonds is 4. The molecule has 0 aliphatic rings. The molecule has 1 heterocycles. The van der Waals surface area contributed by atoms with Gasteiger partial charge in [0.1, 0.15) is 0 Å². The van der Waals surface area contributed by atoms with Crippen LogP contribution in [-0.4, -0.2) is 9.55 Å². The first-order valence-corrected chi connectivity index (χ1v) is 6.12. The van der Waals surface area contributed by atoms with E-state index in [1.807, 2.05) is 29.0 Å². The maximum atomic E-state index is 6.23. The lowest BCUT2D eigenvalue weighted by molar-refractivity contribution is 0.970. The summed E-state index contributed by atoms with van der Waals surface area (Å²) in [6.07, 6.45) is 9.65. The number of halogens is 1. The molecule has 0 radical (unpaired) electrons. The maximum Gasteiger partial charge on any atom is 0.0986 e. The third-order valence-corrected chi connectivity index (χ3v) is 2.90. The lowest BCUT2D eigenvalue weighted by atomic mass is 10.0. The van der Waals surface area contributed by atoms with E-state index in [0.717, 1.165) is 23.4 Å². The van der Waals surface area contributed by atoms with Crippen LogP contribution in [0.5, 0.6) is 0 Å². The lowest BCUT2D eigenvalue weighted by Crippen LogP contribution is -1.89. The summed E-state index contributed by atoms with van der Waals surface area (Å²) in [4.78, 5) is 4.04. The van der Waals surface area contributed by atoms with Crippen LogP contribution in [0.3, 0.4) is 0 Å². The molecule has 3 heteroatoms. The van der Waals surface area contributed by atoms with Gasteiger partial charge >= 0.3 is 0 Å². The molecule has 0 saturated heterocycles. The minimum atomic E-state index is 0.798. The van der Waals surface area contributed by atoms with Gasteiger partial charge < -0.3 is 4.57 Å². The Bertz CT molecular complexity index is 501. The SMILES string of the molecule is CCCC(=Cn1ccnc1)c1ccccc1Cl. The minimum absolute atomic E-state index is 0.798. The summed E-state index contributed by atoms with van der Waals surface area (Å²) in [5.41, 5.74) is 2.33. The minimum Gasteiger partial charge on any atom is -0.313 e. The molecule has 0 atom stereocenters. The Labute approximate surface area is 107 Å². The lowest BCUT2D eigenvalue weighted by Gasteiger charge is -2.09. The Balaban J connectivity index is 2.39. The molecule has 0 aliphatic carbocycles. The fourth-order valence-corrected chi connectivity index (χ4v) is 2.04. The molecule has 2 aromatic rings. The summed E-state index contributed by atoms with van der Waals surface area (Å²) in [5, 5.41) is 0.798. The van der Waals surface area contributed by atoms with Gasteiger partial charge in [-0.3, -0.25) is 0 Å². The third kappa shape index (κ3) is 2.98. The second kappa shape index (κ2) is 5.69. The fraction of sp³-hybridized carbons (Fsp3) is 0.214. The number of benzene rings is 1. The van der Waals surface area contributed by atoms with Crippen LogP contribution >= 0.6 is 11.6 Å². The Morgan fingerprint density at radius 1 is 1.41 bits per heavy atom. The number of hydrogen-bond acceptors (Lipinski definition) is 1. The van der Waals surface area contributed by atoms with Gasteiger partial charge in [-0.25, -0.2) is 4.98 Å². The van der Waals surface area contributed by atoms with E-state index in [0.29, 0.717) is 0 Å². The predicted octanol–water partition coefficient (Wildman–Crippen LogP) is 4.33. The first-order valence-electron chi connectivity index (χ1n) is 5.74. The van der Waals surface area contributed by atoms with Gasteiger partial charge in [-0.2, -0.15) is 0 Å². The largest absolute Gasteiger partial charge is 0.313 e. The van der Waals surface area contributed by atoms with Gasteiger partial charge in [-0.05, 0) is 23.6 Å². The van der Waals surface area contributed by atoms with E-state index in [1.165, 1.54) is 5.57 Å². The summed E-state index contributed by atoms with van der Waals surface area (Å²) in [6.45, 7) is 2.17. The van der Waals surface area contributed by atoms with Crippen LogP contribution < -0.4 is 0 Å². The second-order valence-electron chi connectivity index (χ2n) is 3.89. The van der Waals surface area contributed by atoms with E-state index in [-0.39, 0.29) is 0 Å². The van der Waals surface area contributed by atoms with Crippen LogP contribution in [0.1, 0.15) is 25.3 Å². The standard InChI is InChI=1S/C14H15ClN2/c1-2-5-12(10-17-9-8-16-11-17)13-6-3-4-7-14(13)15/h3-4,6-11H,2,5H2,1H3. The zero-order chi connectivity index (χ0) is 12.1. The highest BCUT2D eigenvalue weighted by Gasteiger charge is 2.05. The molecule has 0 aliphatic heterocycles. The second-order valence-corrected chi connectivity index (χ2v) is 4.30. The van der Waals surface area contributed by atoms with E-state index >= 15 is 0 Å². The van der Waals surface area contributed by atoms with Crippen LogP contribution in [0, 0.1) is 0 Å². The molecule has 2 nitrogen and oxygen atoms in total. The molecule has 0 N–H and O–H groups in total. The molecule has 0 bridgehead atoms. The van der Waals surface area contributed by atoms with Gasteiger partial charge in [-0.15, -0.1) is 0 Å². The van der Waals surface area contributed by atoms with E-state index in [4.69, 9.17) is 11.6 Å². The number of hydrogen-bond donors (Lipinski definition) is 0. The number of imidazole rings is 1. The van der Waals surface area contributed by atoms with Gasteiger partial charge in [0.25, 0.3) is 0 Å². The first-order chi connectivity index (χ1) is 8.31. The van der Waals surface area contributed by atoms with Crippen LogP contribution in [0.4, 0.5) is 0 Å². The van der Waals surface area contributed by atoms with Crippen LogP contribution in [0.15, 0.2) is 43.0 Å². The Morgan fingerprint density at radius 2 is 2.24 bits per heavy atom. The summed E-state index contributed by atoms with van der Waals surface area (Å²) < 4.78 is 1.95. The average molecular weight is 247 g/mol. The quantitative estimate of drug-likeness (QED) is 0.785. The van der Waals surface area contributed by atoms with Crippen molar-refractivity contribution in [2.24, 2.45) is 0 Å². The normalized spacial score (nSPS) is 11.8. The summed E-state index contributed by atoms with van der Waals surface area (Å²) in [5.74, 6) is 0. The van der Waals surface area contributed by atoms with Gasteiger partial charge in [0, 0.05) is 23.6 Å². The Kier molecular flexibility index (Phi) is 3.99. The predicted molar refractivity (Wildman–Crippen MR) is 72.8 cm³/mol. The molecule has 1 aromatic heterocycles. The molecule has 0 unspecified atom stereocenters. The van der Waals surface area contributed by atoms with Crippen molar-refractivity contribution < 1.29 is 0 Å². The summed E-state index contributed by atoms with van der Waals surface area (Å²) in [6, 6.07) is 7.94. The number of aromatic nitrogens is 2. The van der Waals surface area contributed by atoms with Gasteiger partial charge in [0.05, 0.1) is 6.33 Å². The highest BCUT2D eigenvalue weighted by Crippen LogP contribution is 2.27. The highest BCUT2D eigenvalue weighted by atomic mass is 35.5. The van der Waals surface area contributed by atoms with Crippen LogP contribution in [0.25, 0.3) is 11.8 Å². The zero-order valence-corrected chi connectivity index (χ0v) is 10.6. The van der Waals surface area contributed by atoms with Gasteiger partial charge in [0.2, 0.25) is 0 Å². The number of allylic oxidation sites excluding steroid dienone is 1. The molecule has 1 aromatic carbocycles. The van der Waals surface area contributed by atoms with Crippen molar-refractivity contribution in [3.8, 4) is 0 Å². The summed E-state index contributed by atoms with van der Waals surface area (Å²) >= 11 is 6.23. The topological polar surface area (TPSA) is 17.8 Å². The molecule has 0 spiro atoms. The monoisotopic (exact) mass is 246 g/mol. The van der Waals surface area contributed by atoms with E-state index in [1.54, 1.807) is 12.5 Å². The molecule has 0 amide bonds. The molecular weight excluding hydrogens is 232 g/mol. The smallest absolute Gasteiger partial charge is 0.0986 e. The fourth-order valence-electron chi connectivity index (χ4n) is 1.79. The average Bonchev–Trinajstić information content (AvgIpc) is 2.82. The Morgan fingerprint density at radius 3 is 2.88 bits per heavy atom. The van der Waals surface area contributed by atoms with Crippen molar-refractivity contribution in [1.82, 2.24) is 9.55 Å². The molecule has 0 fully saturated rings. The Hall–Kier alpha value is -1.54. The molecule has 17 heavy (non-hydrogen) atoms. The molecule has 2 rings (SSSR count). The van der Waals surface area contributed by atoms with Crippen LogP contribution in [0.2, 0.25) is 5.02 Å². The first kappa shape index (κ1) is 11.9. The number of nitrogens with zero attached hydrogens (tertiary/aromatic N) is 2. The van der Waals surface area contributed by atoms with Crippen molar-refractivity contribution in [3.05, 3.63) is 53.6 Å². The molecular formula is C14H15ClN2. The van der Waals surface area contributed by atoms with Crippen LogP contribution in [-0.2, 0) is 0 Å². The van der Waals surface area contributed by atoms with Gasteiger partial charge in [-0.1, -0.05) is 43.1 Å². The molecule has 88 valence electrons. The van der Waals surface area contributed by atoms with Crippen molar-refractivity contribution in [2.45, 2.75) is 19.8 Å². The zero-order valence-electron chi connectivity index (χ0n) is 9.81. The van der Waals surface area contributed by atoms with Crippen molar-refractivity contribution >= 4 is 23.4 Å². The summed E-state index contributed by atoms with van der Waals surface area (Å²) in [7, 11) is 0. The van der Waals surface area contributed by atoms with E-state index in [9.17, 15) is 0 Å². The van der Waals surface area contributed by atoms with Gasteiger partial charge in [0.15, 0.2) is 0 Å². The molecule has 0 saturated carbocycles. The van der Waals surface area contributed by atoms with E-state index in [2.05, 4.69) is 24.2 Å². The highest BCUT2D eigenvalue weighted by molar-refractivity contribution is 6.32. The van der Waals surface area contributed by atoms with Crippen molar-refractivity contribution in [2.75, 3.05) is 0 Å². The van der Waals surface area contributed by atoms with E-state index < -0.39 is 0 Å². The van der Waals surface area contributed by atoms with Crippen molar-refractivity contribution in [1.29, 1.82) is 0 Å².